The highest BCUT2D eigenvalue weighted by atomic mass is 32.2. The van der Waals surface area contributed by atoms with E-state index in [1.54, 1.807) is 22.8 Å². The standard InChI is InChI=1S/C17H16N4OS/c22-17(18-11-12-23-15-9-5-2-6-10-15)16-19-13-21(20-16)14-7-3-1-4-8-14/h1-10,13H,11-12H2,(H,18,22). The van der Waals surface area contributed by atoms with Crippen LogP contribution in [-0.4, -0.2) is 33.0 Å². The monoisotopic (exact) mass is 324 g/mol. The lowest BCUT2D eigenvalue weighted by atomic mass is 10.3. The van der Waals surface area contributed by atoms with Crippen LogP contribution < -0.4 is 5.32 Å². The van der Waals surface area contributed by atoms with Gasteiger partial charge in [0, 0.05) is 17.2 Å². The van der Waals surface area contributed by atoms with Gasteiger partial charge in [0.1, 0.15) is 6.33 Å². The van der Waals surface area contributed by atoms with Crippen molar-refractivity contribution in [3.63, 3.8) is 0 Å². The molecular formula is C17H16N4OS. The second-order valence-corrected chi connectivity index (χ2v) is 5.93. The van der Waals surface area contributed by atoms with Crippen molar-refractivity contribution in [2.45, 2.75) is 4.90 Å². The Labute approximate surface area is 138 Å². The number of nitrogens with one attached hydrogen (secondary N) is 1. The molecule has 116 valence electrons. The van der Waals surface area contributed by atoms with Crippen molar-refractivity contribution in [2.75, 3.05) is 12.3 Å². The van der Waals surface area contributed by atoms with Gasteiger partial charge in [-0.1, -0.05) is 36.4 Å². The van der Waals surface area contributed by atoms with Gasteiger partial charge in [0.2, 0.25) is 5.82 Å². The number of aromatic nitrogens is 3. The van der Waals surface area contributed by atoms with Gasteiger partial charge in [-0.25, -0.2) is 9.67 Å². The number of hydrogen-bond donors (Lipinski definition) is 1. The van der Waals surface area contributed by atoms with Crippen LogP contribution in [0, 0.1) is 0 Å². The van der Waals surface area contributed by atoms with Crippen LogP contribution in [0.5, 0.6) is 0 Å². The van der Waals surface area contributed by atoms with Crippen LogP contribution in [0.25, 0.3) is 5.69 Å². The van der Waals surface area contributed by atoms with E-state index >= 15 is 0 Å². The Hall–Kier alpha value is -2.60. The molecule has 0 aliphatic heterocycles. The first kappa shape index (κ1) is 15.3. The number of benzene rings is 2. The Morgan fingerprint density at radius 3 is 2.48 bits per heavy atom. The number of rotatable bonds is 6. The maximum absolute atomic E-state index is 12.0. The van der Waals surface area contributed by atoms with Crippen molar-refractivity contribution in [3.05, 3.63) is 72.8 Å². The Morgan fingerprint density at radius 2 is 1.74 bits per heavy atom. The molecule has 0 aliphatic rings. The third-order valence-electron chi connectivity index (χ3n) is 3.12. The van der Waals surface area contributed by atoms with E-state index < -0.39 is 0 Å². The van der Waals surface area contributed by atoms with Crippen LogP contribution in [0.15, 0.2) is 71.9 Å². The molecule has 6 heteroatoms. The average molecular weight is 324 g/mol. The smallest absolute Gasteiger partial charge is 0.290 e. The summed E-state index contributed by atoms with van der Waals surface area (Å²) in [6.07, 6.45) is 1.54. The Morgan fingerprint density at radius 1 is 1.04 bits per heavy atom. The third kappa shape index (κ3) is 4.20. The summed E-state index contributed by atoms with van der Waals surface area (Å²) in [5, 5.41) is 7.04. The van der Waals surface area contributed by atoms with E-state index in [1.165, 1.54) is 4.90 Å². The fourth-order valence-electron chi connectivity index (χ4n) is 2.00. The van der Waals surface area contributed by atoms with Crippen LogP contribution in [-0.2, 0) is 0 Å². The Balaban J connectivity index is 1.50. The van der Waals surface area contributed by atoms with Crippen LogP contribution in [0.4, 0.5) is 0 Å². The molecular weight excluding hydrogens is 308 g/mol. The fourth-order valence-corrected chi connectivity index (χ4v) is 2.79. The zero-order valence-electron chi connectivity index (χ0n) is 12.4. The number of carbonyl (C=O) groups is 1. The van der Waals surface area contributed by atoms with E-state index in [1.807, 2.05) is 48.5 Å². The molecule has 0 atom stereocenters. The molecule has 1 N–H and O–H groups in total. The molecule has 23 heavy (non-hydrogen) atoms. The first-order valence-electron chi connectivity index (χ1n) is 7.26. The minimum atomic E-state index is -0.256. The summed E-state index contributed by atoms with van der Waals surface area (Å²) in [5.41, 5.74) is 0.874. The van der Waals surface area contributed by atoms with Gasteiger partial charge in [-0.2, -0.15) is 0 Å². The highest BCUT2D eigenvalue weighted by Gasteiger charge is 2.11. The summed E-state index contributed by atoms with van der Waals surface area (Å²) in [6, 6.07) is 19.7. The number of carbonyl (C=O) groups excluding carboxylic acids is 1. The molecule has 0 spiro atoms. The summed E-state index contributed by atoms with van der Waals surface area (Å²) >= 11 is 1.70. The molecule has 0 bridgehead atoms. The van der Waals surface area contributed by atoms with Crippen LogP contribution in [0.3, 0.4) is 0 Å². The zero-order chi connectivity index (χ0) is 15.9. The van der Waals surface area contributed by atoms with E-state index in [0.29, 0.717) is 6.54 Å². The summed E-state index contributed by atoms with van der Waals surface area (Å²) in [4.78, 5) is 17.3. The van der Waals surface area contributed by atoms with Crippen molar-refractivity contribution < 1.29 is 4.79 Å². The van der Waals surface area contributed by atoms with E-state index in [9.17, 15) is 4.79 Å². The lowest BCUT2D eigenvalue weighted by Crippen LogP contribution is -2.26. The van der Waals surface area contributed by atoms with Gasteiger partial charge in [0.05, 0.1) is 5.69 Å². The molecule has 0 radical (unpaired) electrons. The molecule has 0 saturated heterocycles. The van der Waals surface area contributed by atoms with Crippen molar-refractivity contribution in [1.82, 2.24) is 20.1 Å². The van der Waals surface area contributed by atoms with Gasteiger partial charge in [0.15, 0.2) is 0 Å². The van der Waals surface area contributed by atoms with Crippen molar-refractivity contribution in [2.24, 2.45) is 0 Å². The van der Waals surface area contributed by atoms with Gasteiger partial charge >= 0.3 is 0 Å². The van der Waals surface area contributed by atoms with Crippen molar-refractivity contribution in [3.8, 4) is 5.69 Å². The Bertz CT molecular complexity index is 759. The van der Waals surface area contributed by atoms with Crippen LogP contribution in [0.2, 0.25) is 0 Å². The fraction of sp³-hybridized carbons (Fsp3) is 0.118. The largest absolute Gasteiger partial charge is 0.348 e. The predicted octanol–water partition coefficient (Wildman–Crippen LogP) is 2.79. The van der Waals surface area contributed by atoms with E-state index in [2.05, 4.69) is 27.5 Å². The summed E-state index contributed by atoms with van der Waals surface area (Å²) in [6.45, 7) is 0.568. The van der Waals surface area contributed by atoms with Crippen LogP contribution in [0.1, 0.15) is 10.6 Å². The Kier molecular flexibility index (Phi) is 5.06. The minimum Gasteiger partial charge on any atom is -0.348 e. The lowest BCUT2D eigenvalue weighted by Gasteiger charge is -2.03. The van der Waals surface area contributed by atoms with Gasteiger partial charge in [0.25, 0.3) is 5.91 Å². The lowest BCUT2D eigenvalue weighted by molar-refractivity contribution is 0.0946. The number of nitrogens with zero attached hydrogens (tertiary/aromatic N) is 3. The van der Waals surface area contributed by atoms with Gasteiger partial charge < -0.3 is 5.32 Å². The molecule has 1 aromatic heterocycles. The number of amides is 1. The predicted molar refractivity (Wildman–Crippen MR) is 90.9 cm³/mol. The summed E-state index contributed by atoms with van der Waals surface area (Å²) in [5.74, 6) is 0.724. The molecule has 0 fully saturated rings. The van der Waals surface area contributed by atoms with E-state index in [0.717, 1.165) is 11.4 Å². The molecule has 3 rings (SSSR count). The second-order valence-electron chi connectivity index (χ2n) is 4.77. The van der Waals surface area contributed by atoms with Crippen molar-refractivity contribution >= 4 is 17.7 Å². The number of thioether (sulfide) groups is 1. The molecule has 1 heterocycles. The van der Waals surface area contributed by atoms with Crippen LogP contribution >= 0.6 is 11.8 Å². The highest BCUT2D eigenvalue weighted by molar-refractivity contribution is 7.99. The molecule has 5 nitrogen and oxygen atoms in total. The first-order chi connectivity index (χ1) is 11.3. The molecule has 3 aromatic rings. The topological polar surface area (TPSA) is 59.8 Å². The third-order valence-corrected chi connectivity index (χ3v) is 4.13. The first-order valence-corrected chi connectivity index (χ1v) is 8.24. The zero-order valence-corrected chi connectivity index (χ0v) is 13.2. The second kappa shape index (κ2) is 7.60. The maximum atomic E-state index is 12.0. The van der Waals surface area contributed by atoms with Gasteiger partial charge in [-0.05, 0) is 24.3 Å². The number of para-hydroxylation sites is 1. The summed E-state index contributed by atoms with van der Waals surface area (Å²) in [7, 11) is 0. The number of hydrogen-bond acceptors (Lipinski definition) is 4. The highest BCUT2D eigenvalue weighted by Crippen LogP contribution is 2.15. The van der Waals surface area contributed by atoms with Crippen molar-refractivity contribution in [1.29, 1.82) is 0 Å². The van der Waals surface area contributed by atoms with E-state index in [4.69, 9.17) is 0 Å². The van der Waals surface area contributed by atoms with Gasteiger partial charge in [-0.15, -0.1) is 16.9 Å². The molecule has 0 unspecified atom stereocenters. The maximum Gasteiger partial charge on any atom is 0.290 e. The molecule has 1 amide bonds. The SMILES string of the molecule is O=C(NCCSc1ccccc1)c1ncn(-c2ccccc2)n1. The quantitative estimate of drug-likeness (QED) is 0.559. The minimum absolute atomic E-state index is 0.179. The normalized spacial score (nSPS) is 10.4. The van der Waals surface area contributed by atoms with E-state index in [-0.39, 0.29) is 11.7 Å². The summed E-state index contributed by atoms with van der Waals surface area (Å²) < 4.78 is 1.59. The van der Waals surface area contributed by atoms with Gasteiger partial charge in [-0.3, -0.25) is 4.79 Å². The average Bonchev–Trinajstić information content (AvgIpc) is 3.10. The molecule has 0 aliphatic carbocycles. The molecule has 2 aromatic carbocycles. The molecule has 0 saturated carbocycles.